The monoisotopic (exact) mass is 190 g/mol. The lowest BCUT2D eigenvalue weighted by molar-refractivity contribution is 0.296. The summed E-state index contributed by atoms with van der Waals surface area (Å²) < 4.78 is 0.826. The van der Waals surface area contributed by atoms with Crippen molar-refractivity contribution in [2.75, 3.05) is 0 Å². The van der Waals surface area contributed by atoms with Crippen LogP contribution >= 0.6 is 15.9 Å². The smallest absolute Gasteiger partial charge is 0.186 e. The molecule has 0 spiro atoms. The van der Waals surface area contributed by atoms with Gasteiger partial charge in [-0.2, -0.15) is 0 Å². The molecule has 1 unspecified atom stereocenters. The predicted molar refractivity (Wildman–Crippen MR) is 39.5 cm³/mol. The van der Waals surface area contributed by atoms with E-state index in [0.717, 1.165) is 4.48 Å². The van der Waals surface area contributed by atoms with Crippen LogP contribution in [0.15, 0.2) is 15.7 Å². The summed E-state index contributed by atoms with van der Waals surface area (Å²) in [6.07, 6.45) is 2.84. The SMILES string of the molecule is NC1N=CC(Br)=CN1N. The van der Waals surface area contributed by atoms with Crippen molar-refractivity contribution in [3.8, 4) is 0 Å². The Balaban J connectivity index is 2.70. The highest BCUT2D eigenvalue weighted by molar-refractivity contribution is 9.12. The second kappa shape index (κ2) is 2.47. The first kappa shape index (κ1) is 6.73. The van der Waals surface area contributed by atoms with Crippen molar-refractivity contribution < 1.29 is 0 Å². The number of hydrogen-bond acceptors (Lipinski definition) is 4. The van der Waals surface area contributed by atoms with Gasteiger partial charge in [0.1, 0.15) is 0 Å². The Morgan fingerprint density at radius 2 is 2.44 bits per heavy atom. The van der Waals surface area contributed by atoms with Gasteiger partial charge < -0.3 is 0 Å². The maximum Gasteiger partial charge on any atom is 0.186 e. The average molecular weight is 191 g/mol. The summed E-state index contributed by atoms with van der Waals surface area (Å²) in [7, 11) is 0. The van der Waals surface area contributed by atoms with E-state index in [1.54, 1.807) is 12.4 Å². The number of hydrazine groups is 1. The van der Waals surface area contributed by atoms with Crippen molar-refractivity contribution in [2.45, 2.75) is 6.29 Å². The quantitative estimate of drug-likeness (QED) is 0.517. The number of allylic oxidation sites excluding steroid dienone is 1. The van der Waals surface area contributed by atoms with Crippen molar-refractivity contribution in [3.05, 3.63) is 10.7 Å². The number of aliphatic imine (C=N–C) groups is 1. The summed E-state index contributed by atoms with van der Waals surface area (Å²) >= 11 is 3.19. The topological polar surface area (TPSA) is 67.6 Å². The van der Waals surface area contributed by atoms with Crippen LogP contribution in [0.5, 0.6) is 0 Å². The molecule has 50 valence electrons. The third-order valence-electron chi connectivity index (χ3n) is 0.928. The molecule has 1 aliphatic heterocycles. The zero-order chi connectivity index (χ0) is 6.85. The first-order valence-corrected chi connectivity index (χ1v) is 3.18. The zero-order valence-corrected chi connectivity index (χ0v) is 6.25. The van der Waals surface area contributed by atoms with Gasteiger partial charge in [0.25, 0.3) is 0 Å². The number of nitrogens with two attached hydrogens (primary N) is 2. The minimum atomic E-state index is -0.439. The Morgan fingerprint density at radius 3 is 2.89 bits per heavy atom. The summed E-state index contributed by atoms with van der Waals surface area (Å²) in [5, 5.41) is 1.32. The Morgan fingerprint density at radius 1 is 1.78 bits per heavy atom. The van der Waals surface area contributed by atoms with E-state index >= 15 is 0 Å². The van der Waals surface area contributed by atoms with E-state index in [9.17, 15) is 0 Å². The largest absolute Gasteiger partial charge is 0.291 e. The summed E-state index contributed by atoms with van der Waals surface area (Å²) in [4.78, 5) is 3.83. The molecule has 1 atom stereocenters. The van der Waals surface area contributed by atoms with Gasteiger partial charge in [-0.1, -0.05) is 0 Å². The first-order chi connectivity index (χ1) is 4.20. The molecule has 0 aromatic heterocycles. The van der Waals surface area contributed by atoms with Crippen LogP contribution in [-0.2, 0) is 0 Å². The summed E-state index contributed by atoms with van der Waals surface area (Å²) in [6, 6.07) is 0. The lowest BCUT2D eigenvalue weighted by atomic mass is 10.5. The van der Waals surface area contributed by atoms with Crippen molar-refractivity contribution in [2.24, 2.45) is 16.6 Å². The standard InChI is InChI=1S/C4H7BrN4/c5-3-1-8-4(6)9(7)2-3/h1-2,4H,6-7H2. The van der Waals surface area contributed by atoms with Gasteiger partial charge in [-0.05, 0) is 15.9 Å². The minimum Gasteiger partial charge on any atom is -0.291 e. The van der Waals surface area contributed by atoms with E-state index in [1.807, 2.05) is 0 Å². The van der Waals surface area contributed by atoms with Crippen LogP contribution in [0.25, 0.3) is 0 Å². The van der Waals surface area contributed by atoms with Crippen LogP contribution in [-0.4, -0.2) is 17.5 Å². The molecule has 0 radical (unpaired) electrons. The molecule has 0 amide bonds. The van der Waals surface area contributed by atoms with Crippen molar-refractivity contribution in [1.82, 2.24) is 5.01 Å². The van der Waals surface area contributed by atoms with Crippen LogP contribution < -0.4 is 11.6 Å². The normalized spacial score (nSPS) is 26.3. The van der Waals surface area contributed by atoms with E-state index in [-0.39, 0.29) is 0 Å². The molecule has 4 N–H and O–H groups in total. The maximum atomic E-state index is 5.38. The Bertz CT molecular complexity index is 164. The van der Waals surface area contributed by atoms with Crippen molar-refractivity contribution in [3.63, 3.8) is 0 Å². The number of hydrogen-bond donors (Lipinski definition) is 2. The van der Waals surface area contributed by atoms with Gasteiger partial charge >= 0.3 is 0 Å². The molecule has 4 nitrogen and oxygen atoms in total. The fourth-order valence-corrected chi connectivity index (χ4v) is 0.831. The van der Waals surface area contributed by atoms with Gasteiger partial charge in [0.2, 0.25) is 0 Å². The first-order valence-electron chi connectivity index (χ1n) is 2.39. The third-order valence-corrected chi connectivity index (χ3v) is 1.34. The predicted octanol–water partition coefficient (Wildman–Crippen LogP) is -0.275. The molecule has 0 saturated carbocycles. The number of nitrogens with zero attached hydrogens (tertiary/aromatic N) is 2. The number of rotatable bonds is 0. The highest BCUT2D eigenvalue weighted by atomic mass is 79.9. The van der Waals surface area contributed by atoms with Gasteiger partial charge in [0, 0.05) is 12.4 Å². The van der Waals surface area contributed by atoms with Crippen LogP contribution in [0.1, 0.15) is 0 Å². The molecule has 0 aromatic carbocycles. The highest BCUT2D eigenvalue weighted by Gasteiger charge is 2.07. The molecule has 0 saturated heterocycles. The molecule has 9 heavy (non-hydrogen) atoms. The zero-order valence-electron chi connectivity index (χ0n) is 4.66. The van der Waals surface area contributed by atoms with E-state index in [1.165, 1.54) is 5.01 Å². The summed E-state index contributed by atoms with van der Waals surface area (Å²) in [5.74, 6) is 5.36. The van der Waals surface area contributed by atoms with E-state index in [4.69, 9.17) is 11.6 Å². The van der Waals surface area contributed by atoms with Crippen LogP contribution in [0, 0.1) is 0 Å². The molecule has 0 fully saturated rings. The van der Waals surface area contributed by atoms with Gasteiger partial charge in [-0.15, -0.1) is 0 Å². The van der Waals surface area contributed by atoms with Crippen molar-refractivity contribution >= 4 is 22.1 Å². The molecule has 1 heterocycles. The van der Waals surface area contributed by atoms with E-state index in [0.29, 0.717) is 0 Å². The lowest BCUT2D eigenvalue weighted by Crippen LogP contribution is -2.43. The van der Waals surface area contributed by atoms with E-state index in [2.05, 4.69) is 20.9 Å². The maximum absolute atomic E-state index is 5.38. The average Bonchev–Trinajstić information content (AvgIpc) is 1.80. The van der Waals surface area contributed by atoms with Crippen LogP contribution in [0.4, 0.5) is 0 Å². The fourth-order valence-electron chi connectivity index (χ4n) is 0.477. The van der Waals surface area contributed by atoms with Gasteiger partial charge in [-0.3, -0.25) is 15.7 Å². The summed E-state index contributed by atoms with van der Waals surface area (Å²) in [5.41, 5.74) is 5.38. The molecule has 0 bridgehead atoms. The van der Waals surface area contributed by atoms with Gasteiger partial charge in [-0.25, -0.2) is 5.84 Å². The lowest BCUT2D eigenvalue weighted by Gasteiger charge is -2.21. The molecule has 1 aliphatic rings. The minimum absolute atomic E-state index is 0.439. The van der Waals surface area contributed by atoms with Crippen molar-refractivity contribution in [1.29, 1.82) is 0 Å². The second-order valence-corrected chi connectivity index (χ2v) is 2.57. The van der Waals surface area contributed by atoms with Crippen LogP contribution in [0.2, 0.25) is 0 Å². The van der Waals surface area contributed by atoms with E-state index < -0.39 is 6.29 Å². The molecule has 5 heteroatoms. The third kappa shape index (κ3) is 1.51. The fraction of sp³-hybridized carbons (Fsp3) is 0.250. The van der Waals surface area contributed by atoms with Gasteiger partial charge in [0.05, 0.1) is 4.48 Å². The Hall–Kier alpha value is -0.390. The second-order valence-electron chi connectivity index (χ2n) is 1.65. The molecule has 0 aliphatic carbocycles. The summed E-state index contributed by atoms with van der Waals surface area (Å²) in [6.45, 7) is 0. The van der Waals surface area contributed by atoms with Gasteiger partial charge in [0.15, 0.2) is 6.29 Å². The molecule has 1 rings (SSSR count). The highest BCUT2D eigenvalue weighted by Crippen LogP contribution is 2.07. The van der Waals surface area contributed by atoms with Crippen LogP contribution in [0.3, 0.4) is 0 Å². The molecular formula is C4H7BrN4. The molecular weight excluding hydrogens is 184 g/mol. The number of halogens is 1. The molecule has 0 aromatic rings. The Kier molecular flexibility index (Phi) is 1.84. The Labute approximate surface area is 61.3 Å².